The molecule has 41 heavy (non-hydrogen) atoms. The Bertz CT molecular complexity index is 1420. The van der Waals surface area contributed by atoms with Gasteiger partial charge >= 0.3 is 12.0 Å². The highest BCUT2D eigenvalue weighted by Crippen LogP contribution is 2.27. The van der Waals surface area contributed by atoms with Gasteiger partial charge in [-0.3, -0.25) is 4.79 Å². The molecule has 2 atom stereocenters. The van der Waals surface area contributed by atoms with Crippen LogP contribution in [0.5, 0.6) is 0 Å². The Hall–Kier alpha value is -3.87. The van der Waals surface area contributed by atoms with E-state index in [1.165, 1.54) is 24.3 Å². The van der Waals surface area contributed by atoms with E-state index in [1.807, 2.05) is 0 Å². The minimum absolute atomic E-state index is 0.165. The van der Waals surface area contributed by atoms with Crippen LogP contribution in [-0.4, -0.2) is 62.4 Å². The number of alkyl halides is 2. The van der Waals surface area contributed by atoms with Crippen molar-refractivity contribution in [3.8, 4) is 0 Å². The van der Waals surface area contributed by atoms with Crippen LogP contribution in [0.3, 0.4) is 0 Å². The highest BCUT2D eigenvalue weighted by Gasteiger charge is 2.47. The first-order valence-electron chi connectivity index (χ1n) is 13.0. The van der Waals surface area contributed by atoms with Crippen molar-refractivity contribution in [1.82, 2.24) is 9.62 Å². The summed E-state index contributed by atoms with van der Waals surface area (Å²) in [6.07, 6.45) is -1.41. The predicted octanol–water partition coefficient (Wildman–Crippen LogP) is 3.79. The molecule has 3 N–H and O–H groups in total. The average molecular weight is 588 g/mol. The number of anilines is 1. The fraction of sp³-hybridized carbons (Fsp3) is 0.310. The van der Waals surface area contributed by atoms with Gasteiger partial charge in [-0.05, 0) is 35.4 Å². The standard InChI is InChI=1S/C29H31F2N3O6S/c30-29(31,20-34(18-22-9-5-2-6-10-22)41(37,38)25-13-11-23(32)12-14-25)27(35)26(17-21-7-3-1-4-8-21)33-28(36)40-24-15-16-39-19-24/h1-14,24,26H,15-20,32H2,(H,33,36)/t24-,26+/m0/s1. The molecule has 0 radical (unpaired) electrons. The number of hydrogen-bond donors (Lipinski definition) is 2. The molecule has 218 valence electrons. The third-order valence-electron chi connectivity index (χ3n) is 6.51. The van der Waals surface area contributed by atoms with Gasteiger partial charge in [0, 0.05) is 25.1 Å². The summed E-state index contributed by atoms with van der Waals surface area (Å²) in [7, 11) is -4.49. The normalized spacial score (nSPS) is 16.3. The third kappa shape index (κ3) is 8.09. The van der Waals surface area contributed by atoms with Gasteiger partial charge in [-0.25, -0.2) is 13.2 Å². The van der Waals surface area contributed by atoms with E-state index in [2.05, 4.69) is 5.32 Å². The zero-order valence-corrected chi connectivity index (χ0v) is 22.9. The molecule has 12 heteroatoms. The molecule has 1 fully saturated rings. The predicted molar refractivity (Wildman–Crippen MR) is 148 cm³/mol. The summed E-state index contributed by atoms with van der Waals surface area (Å²) in [6, 6.07) is 19.9. The zero-order valence-electron chi connectivity index (χ0n) is 22.1. The number of Topliss-reactive ketones (excluding diaryl/α,β-unsaturated/α-hetero) is 1. The quantitative estimate of drug-likeness (QED) is 0.309. The molecule has 3 aromatic carbocycles. The molecule has 1 aliphatic rings. The average Bonchev–Trinajstić information content (AvgIpc) is 3.46. The van der Waals surface area contributed by atoms with Crippen molar-refractivity contribution in [2.75, 3.05) is 25.5 Å². The van der Waals surface area contributed by atoms with Crippen molar-refractivity contribution < 1.29 is 36.3 Å². The van der Waals surface area contributed by atoms with Crippen LogP contribution < -0.4 is 11.1 Å². The number of hydrogen-bond acceptors (Lipinski definition) is 7. The lowest BCUT2D eigenvalue weighted by molar-refractivity contribution is -0.146. The molecule has 1 amide bonds. The minimum atomic E-state index is -4.49. The van der Waals surface area contributed by atoms with Crippen LogP contribution in [0.1, 0.15) is 17.5 Å². The fourth-order valence-electron chi connectivity index (χ4n) is 4.35. The second-order valence-electron chi connectivity index (χ2n) is 9.67. The maximum atomic E-state index is 15.8. The molecule has 1 saturated heterocycles. The van der Waals surface area contributed by atoms with Crippen LogP contribution >= 0.6 is 0 Å². The first-order valence-corrected chi connectivity index (χ1v) is 14.4. The number of halogens is 2. The number of carbonyl (C=O) groups excluding carboxylic acids is 2. The summed E-state index contributed by atoms with van der Waals surface area (Å²) in [4.78, 5) is 25.7. The van der Waals surface area contributed by atoms with E-state index in [1.54, 1.807) is 60.7 Å². The lowest BCUT2D eigenvalue weighted by Gasteiger charge is -2.29. The number of ether oxygens (including phenoxy) is 2. The van der Waals surface area contributed by atoms with Gasteiger partial charge in [0.25, 0.3) is 0 Å². The van der Waals surface area contributed by atoms with E-state index in [-0.39, 0.29) is 17.9 Å². The van der Waals surface area contributed by atoms with Crippen molar-refractivity contribution >= 4 is 27.6 Å². The molecule has 4 rings (SSSR count). The molecule has 0 saturated carbocycles. The van der Waals surface area contributed by atoms with Crippen molar-refractivity contribution in [2.45, 2.75) is 42.4 Å². The monoisotopic (exact) mass is 587 g/mol. The number of nitrogens with two attached hydrogens (primary N) is 1. The summed E-state index contributed by atoms with van der Waals surface area (Å²) in [5, 5.41) is 2.27. The summed E-state index contributed by atoms with van der Waals surface area (Å²) >= 11 is 0. The van der Waals surface area contributed by atoms with E-state index in [0.717, 1.165) is 0 Å². The minimum Gasteiger partial charge on any atom is -0.444 e. The van der Waals surface area contributed by atoms with Gasteiger partial charge in [-0.2, -0.15) is 13.1 Å². The van der Waals surface area contributed by atoms with Gasteiger partial charge in [0.1, 0.15) is 12.1 Å². The van der Waals surface area contributed by atoms with Gasteiger partial charge in [0.05, 0.1) is 24.7 Å². The lowest BCUT2D eigenvalue weighted by atomic mass is 9.98. The molecule has 9 nitrogen and oxygen atoms in total. The summed E-state index contributed by atoms with van der Waals surface area (Å²) in [6.45, 7) is -1.32. The lowest BCUT2D eigenvalue weighted by Crippen LogP contribution is -2.54. The number of amides is 1. The number of nitrogen functional groups attached to an aromatic ring is 1. The summed E-state index contributed by atoms with van der Waals surface area (Å²) in [5.41, 5.74) is 6.93. The third-order valence-corrected chi connectivity index (χ3v) is 8.31. The Labute approximate surface area is 237 Å². The molecule has 0 spiro atoms. The van der Waals surface area contributed by atoms with Crippen molar-refractivity contribution in [3.63, 3.8) is 0 Å². The number of nitrogens with zero attached hydrogens (tertiary/aromatic N) is 1. The van der Waals surface area contributed by atoms with Gasteiger partial charge < -0.3 is 20.5 Å². The number of benzene rings is 3. The van der Waals surface area contributed by atoms with Gasteiger partial charge in [-0.15, -0.1) is 0 Å². The van der Waals surface area contributed by atoms with E-state index in [9.17, 15) is 18.0 Å². The number of nitrogens with one attached hydrogen (secondary N) is 1. The second-order valence-corrected chi connectivity index (χ2v) is 11.6. The Kier molecular flexibility index (Phi) is 9.69. The highest BCUT2D eigenvalue weighted by molar-refractivity contribution is 7.89. The van der Waals surface area contributed by atoms with Gasteiger partial charge in [-0.1, -0.05) is 60.7 Å². The number of ketones is 1. The molecular formula is C29H31F2N3O6S. The van der Waals surface area contributed by atoms with Crippen LogP contribution in [-0.2, 0) is 37.3 Å². The van der Waals surface area contributed by atoms with E-state index in [0.29, 0.717) is 34.1 Å². The molecule has 0 aliphatic carbocycles. The Morgan fingerprint density at radius 1 is 1.00 bits per heavy atom. The largest absolute Gasteiger partial charge is 0.444 e. The first-order chi connectivity index (χ1) is 19.5. The molecule has 1 aliphatic heterocycles. The van der Waals surface area contributed by atoms with Crippen LogP contribution in [0.2, 0.25) is 0 Å². The number of rotatable bonds is 12. The second kappa shape index (κ2) is 13.2. The Morgan fingerprint density at radius 2 is 1.61 bits per heavy atom. The highest BCUT2D eigenvalue weighted by atomic mass is 32.2. The molecule has 0 aromatic heterocycles. The zero-order chi connectivity index (χ0) is 29.5. The number of sulfonamides is 1. The SMILES string of the molecule is Nc1ccc(S(=O)(=O)N(Cc2ccccc2)CC(F)(F)C(=O)[C@@H](Cc2ccccc2)NC(=O)O[C@H]2CCOC2)cc1. The first kappa shape index (κ1) is 30.1. The van der Waals surface area contributed by atoms with Crippen molar-refractivity contribution in [1.29, 1.82) is 0 Å². The topological polar surface area (TPSA) is 128 Å². The fourth-order valence-corrected chi connectivity index (χ4v) is 5.78. The van der Waals surface area contributed by atoms with E-state index >= 15 is 8.78 Å². The number of alkyl carbamates (subject to hydrolysis) is 1. The molecule has 3 aromatic rings. The molecule has 0 unspecified atom stereocenters. The van der Waals surface area contributed by atoms with E-state index < -0.39 is 53.1 Å². The smallest absolute Gasteiger partial charge is 0.408 e. The Balaban J connectivity index is 1.61. The maximum Gasteiger partial charge on any atom is 0.408 e. The molecular weight excluding hydrogens is 556 g/mol. The van der Waals surface area contributed by atoms with Crippen LogP contribution in [0.25, 0.3) is 0 Å². The van der Waals surface area contributed by atoms with Gasteiger partial charge in [0.15, 0.2) is 0 Å². The van der Waals surface area contributed by atoms with E-state index in [4.69, 9.17) is 15.2 Å². The summed E-state index contributed by atoms with van der Waals surface area (Å²) in [5.74, 6) is -5.83. The van der Waals surface area contributed by atoms with Crippen LogP contribution in [0.15, 0.2) is 89.8 Å². The molecule has 0 bridgehead atoms. The maximum absolute atomic E-state index is 15.8. The van der Waals surface area contributed by atoms with Crippen LogP contribution in [0.4, 0.5) is 19.3 Å². The molecule has 1 heterocycles. The van der Waals surface area contributed by atoms with Gasteiger partial charge in [0.2, 0.25) is 15.8 Å². The number of carbonyl (C=O) groups is 2. The van der Waals surface area contributed by atoms with Crippen molar-refractivity contribution in [2.24, 2.45) is 0 Å². The van der Waals surface area contributed by atoms with Crippen LogP contribution in [0, 0.1) is 0 Å². The summed E-state index contributed by atoms with van der Waals surface area (Å²) < 4.78 is 69.6. The Morgan fingerprint density at radius 3 is 2.20 bits per heavy atom. The van der Waals surface area contributed by atoms with Crippen molar-refractivity contribution in [3.05, 3.63) is 96.1 Å².